The zero-order valence-corrected chi connectivity index (χ0v) is 30.7. The zero-order valence-electron chi connectivity index (χ0n) is 30.7. The molecule has 0 bridgehead atoms. The lowest BCUT2D eigenvalue weighted by molar-refractivity contribution is 0.669. The van der Waals surface area contributed by atoms with Crippen molar-refractivity contribution < 1.29 is 4.42 Å². The molecule has 0 aliphatic carbocycles. The number of nitrogens with zero attached hydrogens (tertiary/aromatic N) is 4. The van der Waals surface area contributed by atoms with Crippen LogP contribution in [0.3, 0.4) is 0 Å². The molecule has 10 aromatic rings. The van der Waals surface area contributed by atoms with Gasteiger partial charge in [-0.1, -0.05) is 158 Å². The standard InChI is InChI=1S/C52H32N4O/c1-53-46-22-12-11-20-43(46)41-30-40(35-16-7-3-8-17-35)31-42(32-41)52-55-50(38-18-9-4-10-19-38)54-51(56-52)39-28-29-45-48(33-39)57-47-23-13-21-44(49(45)47)37-26-24-36(25-27-37)34-14-5-2-6-15-34/h2-33H. The number of para-hydroxylation sites is 1. The molecule has 0 fully saturated rings. The van der Waals surface area contributed by atoms with Crippen LogP contribution in [0.2, 0.25) is 0 Å². The Morgan fingerprint density at radius 3 is 1.56 bits per heavy atom. The Labute approximate surface area is 330 Å². The van der Waals surface area contributed by atoms with Crippen LogP contribution in [0.5, 0.6) is 0 Å². The van der Waals surface area contributed by atoms with Gasteiger partial charge in [-0.15, -0.1) is 0 Å². The van der Waals surface area contributed by atoms with Gasteiger partial charge < -0.3 is 4.42 Å². The summed E-state index contributed by atoms with van der Waals surface area (Å²) in [6, 6.07) is 65.8. The predicted molar refractivity (Wildman–Crippen MR) is 231 cm³/mol. The second kappa shape index (κ2) is 14.4. The third-order valence-corrected chi connectivity index (χ3v) is 10.4. The van der Waals surface area contributed by atoms with E-state index in [0.717, 1.165) is 72.0 Å². The van der Waals surface area contributed by atoms with Crippen LogP contribution in [0.15, 0.2) is 199 Å². The van der Waals surface area contributed by atoms with Crippen molar-refractivity contribution in [3.8, 4) is 78.7 Å². The van der Waals surface area contributed by atoms with Crippen LogP contribution >= 0.6 is 0 Å². The Bertz CT molecular complexity index is 3110. The quantitative estimate of drug-likeness (QED) is 0.153. The van der Waals surface area contributed by atoms with Gasteiger partial charge in [0.15, 0.2) is 23.2 Å². The van der Waals surface area contributed by atoms with E-state index in [1.165, 1.54) is 11.1 Å². The summed E-state index contributed by atoms with van der Waals surface area (Å²) in [5.74, 6) is 1.63. The van der Waals surface area contributed by atoms with Gasteiger partial charge in [-0.2, -0.15) is 0 Å². The van der Waals surface area contributed by atoms with Crippen LogP contribution < -0.4 is 0 Å². The van der Waals surface area contributed by atoms with Gasteiger partial charge in [0.2, 0.25) is 0 Å². The molecule has 2 aromatic heterocycles. The number of furan rings is 1. The highest BCUT2D eigenvalue weighted by molar-refractivity contribution is 6.13. The van der Waals surface area contributed by atoms with Crippen LogP contribution in [-0.2, 0) is 0 Å². The summed E-state index contributed by atoms with van der Waals surface area (Å²) in [6.07, 6.45) is 0. The highest BCUT2D eigenvalue weighted by Gasteiger charge is 2.18. The second-order valence-electron chi connectivity index (χ2n) is 13.9. The van der Waals surface area contributed by atoms with E-state index in [-0.39, 0.29) is 0 Å². The summed E-state index contributed by atoms with van der Waals surface area (Å²) >= 11 is 0. The first-order valence-corrected chi connectivity index (χ1v) is 18.8. The Morgan fingerprint density at radius 2 is 0.860 bits per heavy atom. The van der Waals surface area contributed by atoms with Gasteiger partial charge in [0.1, 0.15) is 11.2 Å². The van der Waals surface area contributed by atoms with E-state index in [4.69, 9.17) is 25.9 Å². The fraction of sp³-hybridized carbons (Fsp3) is 0. The fourth-order valence-electron chi connectivity index (χ4n) is 7.55. The van der Waals surface area contributed by atoms with Crippen molar-refractivity contribution in [2.24, 2.45) is 0 Å². The molecule has 0 spiro atoms. The molecule has 0 aliphatic rings. The van der Waals surface area contributed by atoms with Crippen molar-refractivity contribution in [2.45, 2.75) is 0 Å². The lowest BCUT2D eigenvalue weighted by Crippen LogP contribution is -2.00. The van der Waals surface area contributed by atoms with E-state index in [1.807, 2.05) is 97.1 Å². The molecule has 5 heteroatoms. The maximum absolute atomic E-state index is 7.89. The van der Waals surface area contributed by atoms with Crippen LogP contribution in [0.25, 0.3) is 105 Å². The van der Waals surface area contributed by atoms with Crippen LogP contribution in [0.1, 0.15) is 0 Å². The van der Waals surface area contributed by atoms with E-state index in [0.29, 0.717) is 23.2 Å². The molecule has 10 rings (SSSR count). The number of hydrogen-bond donors (Lipinski definition) is 0. The zero-order chi connectivity index (χ0) is 38.1. The Balaban J connectivity index is 1.11. The number of fused-ring (bicyclic) bond motifs is 3. The first kappa shape index (κ1) is 33.6. The summed E-state index contributed by atoms with van der Waals surface area (Å²) in [5, 5.41) is 2.09. The molecule has 0 N–H and O–H groups in total. The lowest BCUT2D eigenvalue weighted by Gasteiger charge is -2.13. The van der Waals surface area contributed by atoms with Gasteiger partial charge in [0, 0.05) is 27.5 Å². The summed E-state index contributed by atoms with van der Waals surface area (Å²) in [6.45, 7) is 7.89. The summed E-state index contributed by atoms with van der Waals surface area (Å²) in [4.78, 5) is 19.1. The fourth-order valence-corrected chi connectivity index (χ4v) is 7.55. The van der Waals surface area contributed by atoms with Crippen molar-refractivity contribution in [1.82, 2.24) is 15.0 Å². The Morgan fingerprint density at radius 1 is 0.351 bits per heavy atom. The van der Waals surface area contributed by atoms with Crippen molar-refractivity contribution >= 4 is 27.6 Å². The van der Waals surface area contributed by atoms with Crippen molar-refractivity contribution in [2.75, 3.05) is 0 Å². The molecule has 2 heterocycles. The number of rotatable bonds is 7. The van der Waals surface area contributed by atoms with Gasteiger partial charge in [-0.05, 0) is 80.9 Å². The molecule has 8 aromatic carbocycles. The average molecular weight is 729 g/mol. The third-order valence-electron chi connectivity index (χ3n) is 10.4. The number of benzene rings is 8. The Hall–Kier alpha value is -7.94. The third kappa shape index (κ3) is 6.42. The van der Waals surface area contributed by atoms with Crippen molar-refractivity contribution in [1.29, 1.82) is 0 Å². The number of hydrogen-bond acceptors (Lipinski definition) is 4. The molecule has 5 nitrogen and oxygen atoms in total. The van der Waals surface area contributed by atoms with E-state index in [2.05, 4.69) is 102 Å². The van der Waals surface area contributed by atoms with Gasteiger partial charge in [0.25, 0.3) is 0 Å². The average Bonchev–Trinajstić information content (AvgIpc) is 3.68. The molecular weight excluding hydrogens is 697 g/mol. The van der Waals surface area contributed by atoms with E-state index < -0.39 is 0 Å². The molecule has 266 valence electrons. The maximum atomic E-state index is 7.89. The largest absolute Gasteiger partial charge is 0.456 e. The maximum Gasteiger partial charge on any atom is 0.194 e. The molecule has 0 saturated carbocycles. The first-order valence-electron chi connectivity index (χ1n) is 18.8. The van der Waals surface area contributed by atoms with Gasteiger partial charge in [0.05, 0.1) is 6.57 Å². The van der Waals surface area contributed by atoms with Crippen LogP contribution in [0, 0.1) is 6.57 Å². The molecule has 0 atom stereocenters. The van der Waals surface area contributed by atoms with E-state index in [9.17, 15) is 0 Å². The minimum Gasteiger partial charge on any atom is -0.456 e. The smallest absolute Gasteiger partial charge is 0.194 e. The molecule has 0 saturated heterocycles. The normalized spacial score (nSPS) is 11.1. The minimum absolute atomic E-state index is 0.532. The van der Waals surface area contributed by atoms with Crippen molar-refractivity contribution in [3.05, 3.63) is 206 Å². The number of aromatic nitrogens is 3. The van der Waals surface area contributed by atoms with Gasteiger partial charge >= 0.3 is 0 Å². The second-order valence-corrected chi connectivity index (χ2v) is 13.9. The Kier molecular flexibility index (Phi) is 8.48. The van der Waals surface area contributed by atoms with Crippen LogP contribution in [0.4, 0.5) is 5.69 Å². The van der Waals surface area contributed by atoms with Gasteiger partial charge in [-0.3, -0.25) is 0 Å². The summed E-state index contributed by atoms with van der Waals surface area (Å²) in [7, 11) is 0. The molecule has 0 radical (unpaired) electrons. The SMILES string of the molecule is [C-]#[N+]c1ccccc1-c1cc(-c2ccccc2)cc(-c2nc(-c3ccccc3)nc(-c3ccc4c(c3)oc3cccc(-c5ccc(-c6ccccc6)cc5)c34)n2)c1. The lowest BCUT2D eigenvalue weighted by atomic mass is 9.95. The predicted octanol–water partition coefficient (Wildman–Crippen LogP) is 14.0. The minimum atomic E-state index is 0.532. The van der Waals surface area contributed by atoms with E-state index in [1.54, 1.807) is 0 Å². The monoisotopic (exact) mass is 728 g/mol. The molecule has 0 amide bonds. The highest BCUT2D eigenvalue weighted by Crippen LogP contribution is 2.40. The van der Waals surface area contributed by atoms with Gasteiger partial charge in [-0.25, -0.2) is 19.8 Å². The molecule has 0 unspecified atom stereocenters. The molecule has 57 heavy (non-hydrogen) atoms. The van der Waals surface area contributed by atoms with Crippen molar-refractivity contribution in [3.63, 3.8) is 0 Å². The molecular formula is C52H32N4O. The highest BCUT2D eigenvalue weighted by atomic mass is 16.3. The van der Waals surface area contributed by atoms with Crippen LogP contribution in [-0.4, -0.2) is 15.0 Å². The van der Waals surface area contributed by atoms with E-state index >= 15 is 0 Å². The summed E-state index contributed by atoms with van der Waals surface area (Å²) in [5.41, 5.74) is 13.1. The first-order chi connectivity index (χ1) is 28.2. The molecule has 0 aliphatic heterocycles. The summed E-state index contributed by atoms with van der Waals surface area (Å²) < 4.78 is 6.56. The topological polar surface area (TPSA) is 56.2 Å².